The lowest BCUT2D eigenvalue weighted by atomic mass is 10.0. The summed E-state index contributed by atoms with van der Waals surface area (Å²) in [6, 6.07) is 16.5. The monoisotopic (exact) mass is 577 g/mol. The molecule has 0 spiro atoms. The molecule has 2 aromatic carbocycles. The standard InChI is InChI=1S/C33H32FN7O2/c1-19(2)33(42)37-24-12-22(17-35-18-24)20-5-6-29-28(14-20)31(40-39-29)30-16-27-26(7-8-36-32(27)38-30)21-11-23(34)15-25(13-21)43-10-9-41(3)4/h5-8,11-19H,9-10H2,1-4H3,(H,36,38)(H,37,42)(H,39,40). The highest BCUT2D eigenvalue weighted by atomic mass is 19.1. The normalized spacial score (nSPS) is 11.6. The quantitative estimate of drug-likeness (QED) is 0.181. The minimum Gasteiger partial charge on any atom is -0.492 e. The Kier molecular flexibility index (Phi) is 7.60. The minimum atomic E-state index is -0.369. The lowest BCUT2D eigenvalue weighted by molar-refractivity contribution is -0.118. The third-order valence-corrected chi connectivity index (χ3v) is 7.20. The molecule has 43 heavy (non-hydrogen) atoms. The first kappa shape index (κ1) is 28.0. The number of rotatable bonds is 9. The fourth-order valence-corrected chi connectivity index (χ4v) is 4.91. The highest BCUT2D eigenvalue weighted by Gasteiger charge is 2.16. The molecule has 0 radical (unpaired) electrons. The molecular formula is C33H32FN7O2. The summed E-state index contributed by atoms with van der Waals surface area (Å²) < 4.78 is 20.5. The maximum absolute atomic E-state index is 14.6. The third kappa shape index (κ3) is 5.96. The SMILES string of the molecule is CC(C)C(=O)Nc1cncc(-c2ccc3[nH]nc(-c4cc5c(-c6cc(F)cc(OCCN(C)C)c6)ccnc5[nH]4)c3c2)c1. The zero-order valence-electron chi connectivity index (χ0n) is 24.4. The molecule has 6 aromatic rings. The summed E-state index contributed by atoms with van der Waals surface area (Å²) in [5.41, 5.74) is 7.00. The number of nitrogens with one attached hydrogen (secondary N) is 3. The lowest BCUT2D eigenvalue weighted by Crippen LogP contribution is -2.19. The van der Waals surface area contributed by atoms with Crippen molar-refractivity contribution < 1.29 is 13.9 Å². The summed E-state index contributed by atoms with van der Waals surface area (Å²) in [5.74, 6) is -0.0919. The number of anilines is 1. The zero-order valence-corrected chi connectivity index (χ0v) is 24.4. The van der Waals surface area contributed by atoms with E-state index in [0.717, 1.165) is 50.9 Å². The van der Waals surface area contributed by atoms with Gasteiger partial charge in [-0.2, -0.15) is 5.10 Å². The van der Waals surface area contributed by atoms with Crippen LogP contribution >= 0.6 is 0 Å². The number of benzene rings is 2. The van der Waals surface area contributed by atoms with Gasteiger partial charge in [0.2, 0.25) is 5.91 Å². The van der Waals surface area contributed by atoms with Crippen LogP contribution in [0.3, 0.4) is 0 Å². The van der Waals surface area contributed by atoms with Crippen molar-refractivity contribution in [2.45, 2.75) is 13.8 Å². The number of pyridine rings is 2. The molecule has 3 N–H and O–H groups in total. The molecule has 6 rings (SSSR count). The molecular weight excluding hydrogens is 545 g/mol. The average molecular weight is 578 g/mol. The molecule has 0 bridgehead atoms. The van der Waals surface area contributed by atoms with Gasteiger partial charge in [-0.15, -0.1) is 0 Å². The second-order valence-electron chi connectivity index (χ2n) is 11.1. The van der Waals surface area contributed by atoms with Crippen molar-refractivity contribution in [1.82, 2.24) is 30.0 Å². The van der Waals surface area contributed by atoms with Crippen molar-refractivity contribution in [3.8, 4) is 39.4 Å². The summed E-state index contributed by atoms with van der Waals surface area (Å²) in [4.78, 5) is 26.5. The Morgan fingerprint density at radius 1 is 1.00 bits per heavy atom. The number of hydrogen-bond donors (Lipinski definition) is 3. The molecule has 0 atom stereocenters. The van der Waals surface area contributed by atoms with Gasteiger partial charge >= 0.3 is 0 Å². The Bertz CT molecular complexity index is 1940. The second kappa shape index (κ2) is 11.7. The molecule has 0 aliphatic rings. The number of carbonyl (C=O) groups excluding carboxylic acids is 1. The van der Waals surface area contributed by atoms with Crippen LogP contribution < -0.4 is 10.1 Å². The Labute approximate surface area is 248 Å². The van der Waals surface area contributed by atoms with E-state index in [1.165, 1.54) is 12.1 Å². The van der Waals surface area contributed by atoms with Gasteiger partial charge in [-0.3, -0.25) is 14.9 Å². The van der Waals surface area contributed by atoms with Gasteiger partial charge in [0.05, 0.1) is 23.1 Å². The van der Waals surface area contributed by atoms with Crippen molar-refractivity contribution in [3.63, 3.8) is 0 Å². The highest BCUT2D eigenvalue weighted by Crippen LogP contribution is 2.36. The number of aromatic amines is 2. The molecule has 9 nitrogen and oxygen atoms in total. The van der Waals surface area contributed by atoms with Crippen molar-refractivity contribution in [1.29, 1.82) is 0 Å². The van der Waals surface area contributed by atoms with E-state index in [0.29, 0.717) is 29.3 Å². The molecule has 0 unspecified atom stereocenters. The van der Waals surface area contributed by atoms with Gasteiger partial charge in [-0.05, 0) is 73.3 Å². The predicted molar refractivity (Wildman–Crippen MR) is 167 cm³/mol. The Hall–Kier alpha value is -5.09. The molecule has 218 valence electrons. The van der Waals surface area contributed by atoms with E-state index < -0.39 is 0 Å². The number of nitrogens with zero attached hydrogens (tertiary/aromatic N) is 4. The minimum absolute atomic E-state index is 0.0652. The summed E-state index contributed by atoms with van der Waals surface area (Å²) in [5, 5.41) is 12.4. The predicted octanol–water partition coefficient (Wildman–Crippen LogP) is 6.51. The number of hydrogen-bond acceptors (Lipinski definition) is 6. The van der Waals surface area contributed by atoms with Crippen molar-refractivity contribution in [3.05, 3.63) is 79.0 Å². The number of carbonyl (C=O) groups is 1. The maximum atomic E-state index is 14.6. The summed E-state index contributed by atoms with van der Waals surface area (Å²) in [7, 11) is 3.93. The summed E-state index contributed by atoms with van der Waals surface area (Å²) >= 11 is 0. The van der Waals surface area contributed by atoms with Gasteiger partial charge in [0.1, 0.15) is 29.5 Å². The van der Waals surface area contributed by atoms with Crippen molar-refractivity contribution >= 4 is 33.5 Å². The van der Waals surface area contributed by atoms with E-state index in [2.05, 4.69) is 30.5 Å². The van der Waals surface area contributed by atoms with Crippen LogP contribution in [0.25, 0.3) is 55.6 Å². The van der Waals surface area contributed by atoms with Crippen molar-refractivity contribution in [2.75, 3.05) is 32.6 Å². The molecule has 4 heterocycles. The van der Waals surface area contributed by atoms with E-state index >= 15 is 0 Å². The van der Waals surface area contributed by atoms with Crippen LogP contribution in [0.2, 0.25) is 0 Å². The number of fused-ring (bicyclic) bond motifs is 2. The van der Waals surface area contributed by atoms with Gasteiger partial charge in [-0.25, -0.2) is 9.37 Å². The van der Waals surface area contributed by atoms with Crippen LogP contribution in [-0.4, -0.2) is 63.2 Å². The third-order valence-electron chi connectivity index (χ3n) is 7.20. The molecule has 10 heteroatoms. The van der Waals surface area contributed by atoms with Gasteiger partial charge in [0, 0.05) is 47.3 Å². The van der Waals surface area contributed by atoms with Crippen LogP contribution in [0, 0.1) is 11.7 Å². The van der Waals surface area contributed by atoms with Crippen LogP contribution in [0.1, 0.15) is 13.8 Å². The molecule has 0 fully saturated rings. The van der Waals surface area contributed by atoms with E-state index in [4.69, 9.17) is 4.74 Å². The molecule has 0 saturated heterocycles. The number of H-pyrrole nitrogens is 2. The molecule has 4 aromatic heterocycles. The average Bonchev–Trinajstić information content (AvgIpc) is 3.60. The van der Waals surface area contributed by atoms with Crippen LogP contribution in [-0.2, 0) is 4.79 Å². The van der Waals surface area contributed by atoms with E-state index in [9.17, 15) is 9.18 Å². The molecule has 0 aliphatic heterocycles. The van der Waals surface area contributed by atoms with Crippen LogP contribution in [0.15, 0.2) is 73.2 Å². The first-order valence-electron chi connectivity index (χ1n) is 14.1. The smallest absolute Gasteiger partial charge is 0.226 e. The summed E-state index contributed by atoms with van der Waals surface area (Å²) in [6.07, 6.45) is 5.11. The van der Waals surface area contributed by atoms with Gasteiger partial charge in [0.15, 0.2) is 0 Å². The number of amides is 1. The highest BCUT2D eigenvalue weighted by molar-refractivity contribution is 6.01. The topological polar surface area (TPSA) is 112 Å². The fourth-order valence-electron chi connectivity index (χ4n) is 4.91. The van der Waals surface area contributed by atoms with Gasteiger partial charge in [0.25, 0.3) is 0 Å². The number of halogens is 1. The fraction of sp³-hybridized carbons (Fsp3) is 0.212. The largest absolute Gasteiger partial charge is 0.492 e. The number of likely N-dealkylation sites (N-methyl/N-ethyl adjacent to an activating group) is 1. The first-order chi connectivity index (χ1) is 20.7. The Balaban J connectivity index is 1.36. The Morgan fingerprint density at radius 3 is 2.67 bits per heavy atom. The van der Waals surface area contributed by atoms with Crippen LogP contribution in [0.4, 0.5) is 10.1 Å². The molecule has 1 amide bonds. The molecule has 0 saturated carbocycles. The number of aromatic nitrogens is 5. The van der Waals surface area contributed by atoms with Gasteiger partial charge in [-0.1, -0.05) is 19.9 Å². The van der Waals surface area contributed by atoms with Gasteiger partial charge < -0.3 is 19.9 Å². The molecule has 0 aliphatic carbocycles. The van der Waals surface area contributed by atoms with E-state index in [1.54, 1.807) is 18.6 Å². The van der Waals surface area contributed by atoms with Crippen LogP contribution in [0.5, 0.6) is 5.75 Å². The number of ether oxygens (including phenoxy) is 1. The first-order valence-corrected chi connectivity index (χ1v) is 14.1. The second-order valence-corrected chi connectivity index (χ2v) is 11.1. The maximum Gasteiger partial charge on any atom is 0.226 e. The van der Waals surface area contributed by atoms with E-state index in [1.807, 2.05) is 75.3 Å². The Morgan fingerprint density at radius 2 is 1.86 bits per heavy atom. The van der Waals surface area contributed by atoms with Crippen molar-refractivity contribution in [2.24, 2.45) is 5.92 Å². The lowest BCUT2D eigenvalue weighted by Gasteiger charge is -2.12. The zero-order chi connectivity index (χ0) is 30.1. The summed E-state index contributed by atoms with van der Waals surface area (Å²) in [6.45, 7) is 4.88. The van der Waals surface area contributed by atoms with E-state index in [-0.39, 0.29) is 17.6 Å².